The van der Waals surface area contributed by atoms with Crippen molar-refractivity contribution < 1.29 is 4.74 Å². The summed E-state index contributed by atoms with van der Waals surface area (Å²) in [6, 6.07) is 0. The Hall–Kier alpha value is -0.480. The van der Waals surface area contributed by atoms with Gasteiger partial charge in [-0.2, -0.15) is 0 Å². The van der Waals surface area contributed by atoms with Gasteiger partial charge in [0, 0.05) is 7.11 Å². The third kappa shape index (κ3) is 1.80. The van der Waals surface area contributed by atoms with Crippen molar-refractivity contribution in [3.63, 3.8) is 0 Å². The van der Waals surface area contributed by atoms with Crippen LogP contribution in [0, 0.1) is 12.3 Å². The number of ether oxygens (including phenoxy) is 1. The van der Waals surface area contributed by atoms with Crippen LogP contribution in [-0.4, -0.2) is 13.2 Å². The Balaban J connectivity index is 3.04. The van der Waals surface area contributed by atoms with Gasteiger partial charge in [-0.1, -0.05) is 5.92 Å². The van der Waals surface area contributed by atoms with Crippen molar-refractivity contribution >= 4 is 0 Å². The van der Waals surface area contributed by atoms with E-state index >= 15 is 0 Å². The van der Waals surface area contributed by atoms with E-state index in [2.05, 4.69) is 10.7 Å². The SMILES string of the molecule is [C]#CC(C)OC. The molecule has 0 saturated heterocycles. The lowest BCUT2D eigenvalue weighted by Crippen LogP contribution is -1.97. The molecule has 0 rings (SSSR count). The maximum Gasteiger partial charge on any atom is 0.116 e. The summed E-state index contributed by atoms with van der Waals surface area (Å²) in [5, 5.41) is 0. The standard InChI is InChI=1S/C5H7O/c1-4-5(2)6-3/h5H,2-3H3. The largest absolute Gasteiger partial charge is 0.369 e. The van der Waals surface area contributed by atoms with Crippen molar-refractivity contribution in [3.8, 4) is 5.92 Å². The maximum atomic E-state index is 6.43. The zero-order valence-electron chi connectivity index (χ0n) is 3.99. The molecule has 0 spiro atoms. The number of hydrogen-bond donors (Lipinski definition) is 0. The molecule has 33 valence electrons. The number of rotatable bonds is 1. The summed E-state index contributed by atoms with van der Waals surface area (Å²) in [5.41, 5.74) is 0. The molecule has 1 heteroatoms. The second-order valence-corrected chi connectivity index (χ2v) is 1.02. The second kappa shape index (κ2) is 2.74. The summed E-state index contributed by atoms with van der Waals surface area (Å²) in [5.74, 6) is 2.14. The smallest absolute Gasteiger partial charge is 0.116 e. The molecule has 0 heterocycles. The monoisotopic (exact) mass is 83.0 g/mol. The van der Waals surface area contributed by atoms with Gasteiger partial charge in [0.05, 0.1) is 0 Å². The third-order valence-corrected chi connectivity index (χ3v) is 0.557. The van der Waals surface area contributed by atoms with Crippen molar-refractivity contribution in [1.29, 1.82) is 0 Å². The van der Waals surface area contributed by atoms with Crippen LogP contribution in [0.1, 0.15) is 6.92 Å². The number of methoxy groups -OCH3 is 1. The molecule has 0 aromatic rings. The first-order chi connectivity index (χ1) is 2.81. The third-order valence-electron chi connectivity index (χ3n) is 0.557. The van der Waals surface area contributed by atoms with Gasteiger partial charge in [0.25, 0.3) is 0 Å². The van der Waals surface area contributed by atoms with Crippen molar-refractivity contribution in [3.05, 3.63) is 6.42 Å². The van der Waals surface area contributed by atoms with Crippen molar-refractivity contribution in [2.45, 2.75) is 13.0 Å². The topological polar surface area (TPSA) is 9.23 Å². The lowest BCUT2D eigenvalue weighted by molar-refractivity contribution is 0.163. The highest BCUT2D eigenvalue weighted by atomic mass is 16.5. The van der Waals surface area contributed by atoms with E-state index in [1.807, 2.05) is 0 Å². The Bertz CT molecular complexity index is 60.8. The van der Waals surface area contributed by atoms with Crippen LogP contribution in [0.15, 0.2) is 0 Å². The lowest BCUT2D eigenvalue weighted by Gasteiger charge is -1.94. The first-order valence-corrected chi connectivity index (χ1v) is 1.76. The Morgan fingerprint density at radius 3 is 2.33 bits per heavy atom. The molecule has 0 fully saturated rings. The first-order valence-electron chi connectivity index (χ1n) is 1.76. The van der Waals surface area contributed by atoms with Crippen LogP contribution < -0.4 is 0 Å². The highest BCUT2D eigenvalue weighted by molar-refractivity contribution is 4.83. The summed E-state index contributed by atoms with van der Waals surface area (Å²) >= 11 is 0. The van der Waals surface area contributed by atoms with Gasteiger partial charge >= 0.3 is 0 Å². The Labute approximate surface area is 38.3 Å². The molecule has 0 aliphatic heterocycles. The molecule has 6 heavy (non-hydrogen) atoms. The summed E-state index contributed by atoms with van der Waals surface area (Å²) in [6.07, 6.45) is 6.29. The first kappa shape index (κ1) is 5.52. The highest BCUT2D eigenvalue weighted by Gasteiger charge is 1.84. The minimum Gasteiger partial charge on any atom is -0.369 e. The van der Waals surface area contributed by atoms with E-state index < -0.39 is 0 Å². The zero-order valence-corrected chi connectivity index (χ0v) is 3.99. The molecular weight excluding hydrogens is 76.1 g/mol. The molecule has 1 unspecified atom stereocenters. The van der Waals surface area contributed by atoms with Gasteiger partial charge in [-0.3, -0.25) is 0 Å². The van der Waals surface area contributed by atoms with Crippen LogP contribution in [0.25, 0.3) is 0 Å². The lowest BCUT2D eigenvalue weighted by atomic mass is 10.4. The van der Waals surface area contributed by atoms with Gasteiger partial charge in [-0.25, -0.2) is 0 Å². The minimum absolute atomic E-state index is 0.148. The van der Waals surface area contributed by atoms with E-state index in [0.29, 0.717) is 0 Å². The molecular formula is C5H7O. The predicted molar refractivity (Wildman–Crippen MR) is 23.6 cm³/mol. The molecule has 0 saturated carbocycles. The molecule has 0 N–H and O–H groups in total. The molecule has 1 nitrogen and oxygen atoms in total. The molecule has 0 aliphatic carbocycles. The van der Waals surface area contributed by atoms with Crippen molar-refractivity contribution in [1.82, 2.24) is 0 Å². The summed E-state index contributed by atoms with van der Waals surface area (Å²) in [6.45, 7) is 1.76. The van der Waals surface area contributed by atoms with Gasteiger partial charge in [-0.05, 0) is 13.3 Å². The van der Waals surface area contributed by atoms with E-state index in [-0.39, 0.29) is 6.10 Å². The fourth-order valence-corrected chi connectivity index (χ4v) is 0.0589. The van der Waals surface area contributed by atoms with Gasteiger partial charge in [0.15, 0.2) is 0 Å². The predicted octanol–water partition coefficient (Wildman–Crippen LogP) is 0.611. The van der Waals surface area contributed by atoms with Crippen LogP contribution in [-0.2, 0) is 4.74 Å². The Morgan fingerprint density at radius 1 is 1.83 bits per heavy atom. The van der Waals surface area contributed by atoms with E-state index in [9.17, 15) is 0 Å². The van der Waals surface area contributed by atoms with Crippen LogP contribution in [0.5, 0.6) is 0 Å². The Morgan fingerprint density at radius 2 is 2.33 bits per heavy atom. The minimum atomic E-state index is -0.148. The van der Waals surface area contributed by atoms with Crippen molar-refractivity contribution in [2.24, 2.45) is 0 Å². The average molecular weight is 83.1 g/mol. The van der Waals surface area contributed by atoms with E-state index in [1.165, 1.54) is 0 Å². The van der Waals surface area contributed by atoms with Crippen LogP contribution in [0.3, 0.4) is 0 Å². The molecule has 0 amide bonds. The van der Waals surface area contributed by atoms with Gasteiger partial charge < -0.3 is 4.74 Å². The quantitative estimate of drug-likeness (QED) is 0.422. The van der Waals surface area contributed by atoms with Gasteiger partial charge in [0.2, 0.25) is 0 Å². The average Bonchev–Trinajstić information content (AvgIpc) is 1.65. The Kier molecular flexibility index (Phi) is 2.52. The fraction of sp³-hybridized carbons (Fsp3) is 0.600. The maximum absolute atomic E-state index is 6.43. The van der Waals surface area contributed by atoms with Gasteiger partial charge in [-0.15, -0.1) is 0 Å². The van der Waals surface area contributed by atoms with Crippen LogP contribution in [0.2, 0.25) is 0 Å². The van der Waals surface area contributed by atoms with E-state index in [1.54, 1.807) is 14.0 Å². The highest BCUT2D eigenvalue weighted by Crippen LogP contribution is 1.78. The van der Waals surface area contributed by atoms with E-state index in [4.69, 9.17) is 6.42 Å². The molecule has 1 radical (unpaired) electrons. The van der Waals surface area contributed by atoms with Crippen LogP contribution in [0.4, 0.5) is 0 Å². The van der Waals surface area contributed by atoms with E-state index in [0.717, 1.165) is 0 Å². The van der Waals surface area contributed by atoms with Gasteiger partial charge in [0.1, 0.15) is 6.10 Å². The fourth-order valence-electron chi connectivity index (χ4n) is 0.0589. The summed E-state index contributed by atoms with van der Waals surface area (Å²) in [4.78, 5) is 0. The normalized spacial score (nSPS) is 12.8. The molecule has 0 aromatic heterocycles. The summed E-state index contributed by atoms with van der Waals surface area (Å²) < 4.78 is 4.60. The molecule has 0 aliphatic rings. The van der Waals surface area contributed by atoms with Crippen molar-refractivity contribution in [2.75, 3.05) is 7.11 Å². The molecule has 0 bridgehead atoms. The molecule has 1 atom stereocenters. The second-order valence-electron chi connectivity index (χ2n) is 1.02. The molecule has 0 aromatic carbocycles. The van der Waals surface area contributed by atoms with Crippen LogP contribution >= 0.6 is 0 Å². The summed E-state index contributed by atoms with van der Waals surface area (Å²) in [7, 11) is 1.55. The number of hydrogen-bond acceptors (Lipinski definition) is 1. The zero-order chi connectivity index (χ0) is 4.99.